The molecule has 1 aromatic heterocycles. The standard InChI is InChI=1S/C19H25F3N6O2.HI/c1-12(14-11-13(29-3)5-6-15(14)30-4)27-17(23-2)25-9-10-26-18-24-8-7-16(28-18)19(20,21)22;/h5-8,11-12H,9-10H2,1-4H3,(H2,23,25,27)(H,24,26,28);1H. The van der Waals surface area contributed by atoms with Crippen molar-refractivity contribution in [1.29, 1.82) is 0 Å². The van der Waals surface area contributed by atoms with Crippen molar-refractivity contribution in [3.05, 3.63) is 41.7 Å². The van der Waals surface area contributed by atoms with E-state index in [9.17, 15) is 13.2 Å². The Balaban J connectivity index is 0.00000480. The summed E-state index contributed by atoms with van der Waals surface area (Å²) in [5.41, 5.74) is -0.109. The lowest BCUT2D eigenvalue weighted by molar-refractivity contribution is -0.141. The molecule has 0 aliphatic heterocycles. The van der Waals surface area contributed by atoms with Crippen LogP contribution in [-0.2, 0) is 6.18 Å². The van der Waals surface area contributed by atoms with Crippen molar-refractivity contribution in [2.24, 2.45) is 4.99 Å². The van der Waals surface area contributed by atoms with Gasteiger partial charge in [0, 0.05) is 31.9 Å². The highest BCUT2D eigenvalue weighted by Crippen LogP contribution is 2.29. The molecule has 2 rings (SSSR count). The molecular formula is C19H26F3IN6O2. The van der Waals surface area contributed by atoms with Gasteiger partial charge in [0.2, 0.25) is 5.95 Å². The summed E-state index contributed by atoms with van der Waals surface area (Å²) < 4.78 is 48.8. The average molecular weight is 554 g/mol. The Kier molecular flexibility index (Phi) is 10.6. The molecule has 1 unspecified atom stereocenters. The summed E-state index contributed by atoms with van der Waals surface area (Å²) in [5.74, 6) is 1.82. The van der Waals surface area contributed by atoms with Crippen LogP contribution in [0.5, 0.6) is 11.5 Å². The monoisotopic (exact) mass is 554 g/mol. The van der Waals surface area contributed by atoms with Gasteiger partial charge in [-0.2, -0.15) is 13.2 Å². The lowest BCUT2D eigenvalue weighted by atomic mass is 10.1. The molecule has 0 saturated heterocycles. The number of halogens is 4. The summed E-state index contributed by atoms with van der Waals surface area (Å²) in [6, 6.07) is 6.17. The van der Waals surface area contributed by atoms with Crippen LogP contribution in [-0.4, -0.2) is 50.3 Å². The zero-order valence-electron chi connectivity index (χ0n) is 17.6. The van der Waals surface area contributed by atoms with E-state index in [2.05, 4.69) is 30.9 Å². The molecule has 0 bridgehead atoms. The molecule has 1 aromatic carbocycles. The Bertz CT molecular complexity index is 867. The molecule has 12 heteroatoms. The number of methoxy groups -OCH3 is 2. The van der Waals surface area contributed by atoms with E-state index in [1.54, 1.807) is 21.3 Å². The quantitative estimate of drug-likeness (QED) is 0.199. The minimum Gasteiger partial charge on any atom is -0.497 e. The molecule has 31 heavy (non-hydrogen) atoms. The molecule has 8 nitrogen and oxygen atoms in total. The molecule has 0 fully saturated rings. The maximum Gasteiger partial charge on any atom is 0.433 e. The fraction of sp³-hybridized carbons (Fsp3) is 0.421. The molecule has 1 atom stereocenters. The Hall–Kier alpha value is -2.51. The van der Waals surface area contributed by atoms with Crippen molar-refractivity contribution in [3.63, 3.8) is 0 Å². The second kappa shape index (κ2) is 12.4. The van der Waals surface area contributed by atoms with E-state index in [4.69, 9.17) is 9.47 Å². The third-order valence-corrected chi connectivity index (χ3v) is 4.13. The van der Waals surface area contributed by atoms with Crippen molar-refractivity contribution in [3.8, 4) is 11.5 Å². The minimum absolute atomic E-state index is 0. The summed E-state index contributed by atoms with van der Waals surface area (Å²) in [7, 11) is 4.80. The van der Waals surface area contributed by atoms with Gasteiger partial charge in [-0.25, -0.2) is 9.97 Å². The van der Waals surface area contributed by atoms with Gasteiger partial charge < -0.3 is 25.4 Å². The number of ether oxygens (including phenoxy) is 2. The number of alkyl halides is 3. The Morgan fingerprint density at radius 2 is 1.90 bits per heavy atom. The number of guanidine groups is 1. The molecule has 0 aliphatic rings. The van der Waals surface area contributed by atoms with E-state index in [1.807, 2.05) is 25.1 Å². The first-order valence-electron chi connectivity index (χ1n) is 9.11. The number of nitrogens with zero attached hydrogens (tertiary/aromatic N) is 3. The van der Waals surface area contributed by atoms with Crippen molar-refractivity contribution in [2.45, 2.75) is 19.1 Å². The van der Waals surface area contributed by atoms with Crippen LogP contribution in [0.3, 0.4) is 0 Å². The normalized spacial score (nSPS) is 12.4. The molecule has 1 heterocycles. The van der Waals surface area contributed by atoms with Gasteiger partial charge in [0.1, 0.15) is 17.2 Å². The fourth-order valence-electron chi connectivity index (χ4n) is 2.61. The van der Waals surface area contributed by atoms with Crippen LogP contribution in [0, 0.1) is 0 Å². The smallest absolute Gasteiger partial charge is 0.433 e. The highest BCUT2D eigenvalue weighted by molar-refractivity contribution is 14.0. The lowest BCUT2D eigenvalue weighted by Gasteiger charge is -2.21. The molecule has 2 aromatic rings. The largest absolute Gasteiger partial charge is 0.497 e. The molecule has 0 amide bonds. The minimum atomic E-state index is -4.51. The van der Waals surface area contributed by atoms with Crippen molar-refractivity contribution in [2.75, 3.05) is 39.7 Å². The highest BCUT2D eigenvalue weighted by atomic mass is 127. The first-order valence-corrected chi connectivity index (χ1v) is 9.11. The zero-order valence-corrected chi connectivity index (χ0v) is 19.9. The fourth-order valence-corrected chi connectivity index (χ4v) is 2.61. The maximum absolute atomic E-state index is 12.7. The van der Waals surface area contributed by atoms with Gasteiger partial charge in [-0.05, 0) is 31.2 Å². The third-order valence-electron chi connectivity index (χ3n) is 4.13. The highest BCUT2D eigenvalue weighted by Gasteiger charge is 2.32. The van der Waals surface area contributed by atoms with Crippen molar-refractivity contribution in [1.82, 2.24) is 20.6 Å². The van der Waals surface area contributed by atoms with E-state index >= 15 is 0 Å². The van der Waals surface area contributed by atoms with E-state index in [0.29, 0.717) is 30.5 Å². The number of hydrogen-bond acceptors (Lipinski definition) is 6. The number of aliphatic imine (C=N–C) groups is 1. The van der Waals surface area contributed by atoms with Gasteiger partial charge in [0.15, 0.2) is 5.96 Å². The lowest BCUT2D eigenvalue weighted by Crippen LogP contribution is -2.40. The van der Waals surface area contributed by atoms with Crippen LogP contribution in [0.1, 0.15) is 24.2 Å². The van der Waals surface area contributed by atoms with Crippen molar-refractivity contribution >= 4 is 35.9 Å². The van der Waals surface area contributed by atoms with E-state index < -0.39 is 11.9 Å². The number of aromatic nitrogens is 2. The molecular weight excluding hydrogens is 528 g/mol. The average Bonchev–Trinajstić information content (AvgIpc) is 2.74. The Morgan fingerprint density at radius 3 is 2.52 bits per heavy atom. The van der Waals surface area contributed by atoms with E-state index in [-0.39, 0.29) is 36.0 Å². The summed E-state index contributed by atoms with van der Waals surface area (Å²) in [6.45, 7) is 2.61. The molecule has 0 spiro atoms. The van der Waals surface area contributed by atoms with Gasteiger partial charge in [-0.1, -0.05) is 0 Å². The third kappa shape index (κ3) is 7.92. The Labute approximate surface area is 196 Å². The van der Waals surface area contributed by atoms with Crippen LogP contribution in [0.25, 0.3) is 0 Å². The zero-order chi connectivity index (χ0) is 22.1. The Morgan fingerprint density at radius 1 is 1.16 bits per heavy atom. The molecule has 172 valence electrons. The van der Waals surface area contributed by atoms with Gasteiger partial charge >= 0.3 is 6.18 Å². The number of nitrogens with one attached hydrogen (secondary N) is 3. The van der Waals surface area contributed by atoms with Crippen LogP contribution < -0.4 is 25.4 Å². The van der Waals surface area contributed by atoms with Crippen molar-refractivity contribution < 1.29 is 22.6 Å². The van der Waals surface area contributed by atoms with Gasteiger partial charge in [-0.3, -0.25) is 4.99 Å². The van der Waals surface area contributed by atoms with Crippen LogP contribution in [0.15, 0.2) is 35.5 Å². The predicted molar refractivity (Wildman–Crippen MR) is 123 cm³/mol. The van der Waals surface area contributed by atoms with E-state index in [0.717, 1.165) is 17.8 Å². The number of hydrogen-bond donors (Lipinski definition) is 3. The second-order valence-corrected chi connectivity index (χ2v) is 6.16. The summed E-state index contributed by atoms with van der Waals surface area (Å²) in [4.78, 5) is 11.4. The van der Waals surface area contributed by atoms with Gasteiger partial charge in [0.05, 0.1) is 20.3 Å². The summed E-state index contributed by atoms with van der Waals surface area (Å²) >= 11 is 0. The van der Waals surface area contributed by atoms with Crippen LogP contribution in [0.4, 0.5) is 19.1 Å². The first kappa shape index (κ1) is 26.5. The molecule has 0 saturated carbocycles. The predicted octanol–water partition coefficient (Wildman–Crippen LogP) is 3.47. The SMILES string of the molecule is CN=C(NCCNc1nccc(C(F)(F)F)n1)NC(C)c1cc(OC)ccc1OC.I. The summed E-state index contributed by atoms with van der Waals surface area (Å²) in [5, 5.41) is 9.06. The van der Waals surface area contributed by atoms with Gasteiger partial charge in [-0.15, -0.1) is 24.0 Å². The topological polar surface area (TPSA) is 92.7 Å². The number of benzene rings is 1. The maximum atomic E-state index is 12.7. The first-order chi connectivity index (χ1) is 14.3. The van der Waals surface area contributed by atoms with Gasteiger partial charge in [0.25, 0.3) is 0 Å². The van der Waals surface area contributed by atoms with Crippen LogP contribution in [0.2, 0.25) is 0 Å². The second-order valence-electron chi connectivity index (χ2n) is 6.16. The molecule has 0 radical (unpaired) electrons. The van der Waals surface area contributed by atoms with E-state index in [1.165, 1.54) is 0 Å². The number of rotatable bonds is 8. The number of anilines is 1. The molecule has 3 N–H and O–H groups in total. The molecule has 0 aliphatic carbocycles. The van der Waals surface area contributed by atoms with Crippen LogP contribution >= 0.6 is 24.0 Å². The summed E-state index contributed by atoms with van der Waals surface area (Å²) in [6.07, 6.45) is -3.45.